The van der Waals surface area contributed by atoms with Crippen molar-refractivity contribution >= 4 is 23.3 Å². The average molecular weight is 331 g/mol. The van der Waals surface area contributed by atoms with Crippen molar-refractivity contribution in [1.29, 1.82) is 0 Å². The Morgan fingerprint density at radius 3 is 2.65 bits per heavy atom. The quantitative estimate of drug-likeness (QED) is 0.768. The molecule has 0 atom stereocenters. The zero-order valence-corrected chi connectivity index (χ0v) is 12.7. The maximum atomic E-state index is 12.2. The molecule has 0 aliphatic carbocycles. The molecule has 1 aromatic carbocycles. The number of benzene rings is 1. The highest BCUT2D eigenvalue weighted by atomic mass is 35.5. The van der Waals surface area contributed by atoms with Crippen LogP contribution in [0.3, 0.4) is 0 Å². The number of hydrogen-bond acceptors (Lipinski definition) is 5. The van der Waals surface area contributed by atoms with E-state index in [1.165, 1.54) is 6.07 Å². The fraction of sp³-hybridized carbons (Fsp3) is 0.0667. The van der Waals surface area contributed by atoms with Crippen molar-refractivity contribution in [3.8, 4) is 11.3 Å². The minimum absolute atomic E-state index is 0.0654. The normalized spacial score (nSPS) is 10.5. The minimum atomic E-state index is -0.626. The molecule has 2 heterocycles. The molecule has 0 aliphatic rings. The molecule has 0 bridgehead atoms. The first-order valence-electron chi connectivity index (χ1n) is 6.63. The summed E-state index contributed by atoms with van der Waals surface area (Å²) in [5, 5.41) is 6.76. The fourth-order valence-electron chi connectivity index (χ4n) is 1.96. The lowest BCUT2D eigenvalue weighted by Crippen LogP contribution is -2.21. The van der Waals surface area contributed by atoms with E-state index < -0.39 is 11.6 Å². The van der Waals surface area contributed by atoms with Gasteiger partial charge in [-0.15, -0.1) is 0 Å². The number of carbonyl (C=O) groups is 1. The summed E-state index contributed by atoms with van der Waals surface area (Å²) in [6.07, 6.45) is 0. The summed E-state index contributed by atoms with van der Waals surface area (Å²) in [6, 6.07) is 9.83. The van der Waals surface area contributed by atoms with Gasteiger partial charge in [0.2, 0.25) is 0 Å². The Morgan fingerprint density at radius 2 is 2.00 bits per heavy atom. The molecule has 3 aromatic rings. The highest BCUT2D eigenvalue weighted by molar-refractivity contribution is 6.30. The van der Waals surface area contributed by atoms with Crippen LogP contribution in [0.2, 0.25) is 5.02 Å². The molecular weight excluding hydrogens is 320 g/mol. The summed E-state index contributed by atoms with van der Waals surface area (Å²) in [7, 11) is 0. The van der Waals surface area contributed by atoms with Crippen LogP contribution in [0.5, 0.6) is 0 Å². The summed E-state index contributed by atoms with van der Waals surface area (Å²) < 4.78 is 4.87. The highest BCUT2D eigenvalue weighted by Gasteiger charge is 2.12. The van der Waals surface area contributed by atoms with Crippen molar-refractivity contribution in [2.45, 2.75) is 6.92 Å². The molecule has 2 aromatic heterocycles. The first kappa shape index (κ1) is 15.0. The third-order valence-electron chi connectivity index (χ3n) is 3.00. The van der Waals surface area contributed by atoms with E-state index in [-0.39, 0.29) is 11.5 Å². The highest BCUT2D eigenvalue weighted by Crippen LogP contribution is 2.19. The molecule has 23 heavy (non-hydrogen) atoms. The third-order valence-corrected chi connectivity index (χ3v) is 3.25. The molecule has 0 fully saturated rings. The second-order valence-corrected chi connectivity index (χ2v) is 5.21. The van der Waals surface area contributed by atoms with E-state index in [2.05, 4.69) is 20.4 Å². The van der Waals surface area contributed by atoms with Gasteiger partial charge in [-0.2, -0.15) is 4.98 Å². The summed E-state index contributed by atoms with van der Waals surface area (Å²) >= 11 is 5.84. The lowest BCUT2D eigenvalue weighted by atomic mass is 10.1. The molecule has 1 amide bonds. The largest absolute Gasteiger partial charge is 0.360 e. The fourth-order valence-corrected chi connectivity index (χ4v) is 2.08. The maximum absolute atomic E-state index is 12.2. The van der Waals surface area contributed by atoms with E-state index in [0.717, 1.165) is 0 Å². The molecule has 0 aliphatic heterocycles. The zero-order valence-electron chi connectivity index (χ0n) is 12.0. The van der Waals surface area contributed by atoms with Crippen LogP contribution in [-0.4, -0.2) is 21.0 Å². The van der Waals surface area contributed by atoms with Gasteiger partial charge in [-0.1, -0.05) is 28.9 Å². The number of rotatable bonds is 3. The van der Waals surface area contributed by atoms with Gasteiger partial charge in [-0.25, -0.2) is 4.79 Å². The van der Waals surface area contributed by atoms with Crippen molar-refractivity contribution in [2.24, 2.45) is 0 Å². The summed E-state index contributed by atoms with van der Waals surface area (Å²) in [4.78, 5) is 30.2. The number of anilines is 1. The van der Waals surface area contributed by atoms with Crippen molar-refractivity contribution < 1.29 is 9.32 Å². The van der Waals surface area contributed by atoms with Crippen molar-refractivity contribution in [3.63, 3.8) is 0 Å². The first-order chi connectivity index (χ1) is 11.0. The molecular formula is C15H11ClN4O3. The lowest BCUT2D eigenvalue weighted by Gasteiger charge is -2.04. The molecule has 0 saturated carbocycles. The second kappa shape index (κ2) is 6.05. The number of halogens is 1. The Kier molecular flexibility index (Phi) is 3.94. The van der Waals surface area contributed by atoms with Crippen LogP contribution in [0.4, 0.5) is 5.82 Å². The molecule has 7 nitrogen and oxygen atoms in total. The van der Waals surface area contributed by atoms with Crippen LogP contribution < -0.4 is 11.0 Å². The van der Waals surface area contributed by atoms with E-state index in [1.807, 2.05) is 0 Å². The predicted molar refractivity (Wildman–Crippen MR) is 84.5 cm³/mol. The number of hydrogen-bond donors (Lipinski definition) is 2. The van der Waals surface area contributed by atoms with Gasteiger partial charge in [0.1, 0.15) is 11.5 Å². The number of nitrogens with one attached hydrogen (secondary N) is 2. The van der Waals surface area contributed by atoms with Crippen molar-refractivity contribution in [1.82, 2.24) is 15.1 Å². The van der Waals surface area contributed by atoms with Gasteiger partial charge in [0.15, 0.2) is 5.82 Å². The monoisotopic (exact) mass is 330 g/mol. The van der Waals surface area contributed by atoms with Crippen molar-refractivity contribution in [2.75, 3.05) is 5.32 Å². The number of aromatic amines is 1. The summed E-state index contributed by atoms with van der Waals surface area (Å²) in [5.41, 5.74) is 0.480. The van der Waals surface area contributed by atoms with Gasteiger partial charge in [0.25, 0.3) is 5.91 Å². The summed E-state index contributed by atoms with van der Waals surface area (Å²) in [6.45, 7) is 1.70. The van der Waals surface area contributed by atoms with Crippen LogP contribution in [0.1, 0.15) is 16.2 Å². The number of H-pyrrole nitrogens is 1. The zero-order chi connectivity index (χ0) is 16.4. The molecule has 0 saturated heterocycles. The van der Waals surface area contributed by atoms with E-state index in [4.69, 9.17) is 16.1 Å². The van der Waals surface area contributed by atoms with Crippen LogP contribution in [0.15, 0.2) is 45.7 Å². The molecule has 8 heteroatoms. The lowest BCUT2D eigenvalue weighted by molar-refractivity contribution is 0.102. The second-order valence-electron chi connectivity index (χ2n) is 4.77. The average Bonchev–Trinajstić information content (AvgIpc) is 2.92. The Labute approximate surface area is 135 Å². The van der Waals surface area contributed by atoms with Gasteiger partial charge < -0.3 is 14.8 Å². The SMILES string of the molecule is Cc1cc(NC(=O)c2cc(-c3ccc(Cl)cc3)nc(=O)[nH]2)no1. The Hall–Kier alpha value is -2.93. The van der Waals surface area contributed by atoms with Crippen molar-refractivity contribution in [3.05, 3.63) is 63.4 Å². The van der Waals surface area contributed by atoms with E-state index in [9.17, 15) is 9.59 Å². The standard InChI is InChI=1S/C15H11ClN4O3/c1-8-6-13(20-23-8)19-14(21)12-7-11(17-15(22)18-12)9-2-4-10(16)5-3-9/h2-7H,1H3,(H,17,18,22)(H,19,20,21). The minimum Gasteiger partial charge on any atom is -0.360 e. The van der Waals surface area contributed by atoms with Crippen LogP contribution in [0, 0.1) is 6.92 Å². The molecule has 0 spiro atoms. The molecule has 2 N–H and O–H groups in total. The van der Waals surface area contributed by atoms with Gasteiger partial charge >= 0.3 is 5.69 Å². The smallest absolute Gasteiger partial charge is 0.346 e. The number of nitrogens with zero attached hydrogens (tertiary/aromatic N) is 2. The number of carbonyl (C=O) groups excluding carboxylic acids is 1. The van der Waals surface area contributed by atoms with Gasteiger partial charge in [-0.3, -0.25) is 4.79 Å². The Morgan fingerprint density at radius 1 is 1.26 bits per heavy atom. The number of amides is 1. The summed E-state index contributed by atoms with van der Waals surface area (Å²) in [5.74, 6) is 0.302. The number of aromatic nitrogens is 3. The molecule has 116 valence electrons. The Balaban J connectivity index is 1.92. The molecule has 0 radical (unpaired) electrons. The third kappa shape index (κ3) is 3.46. The maximum Gasteiger partial charge on any atom is 0.346 e. The van der Waals surface area contributed by atoms with Gasteiger partial charge in [0.05, 0.1) is 5.69 Å². The topological polar surface area (TPSA) is 101 Å². The van der Waals surface area contributed by atoms with Crippen LogP contribution in [0.25, 0.3) is 11.3 Å². The van der Waals surface area contributed by atoms with E-state index in [0.29, 0.717) is 22.0 Å². The predicted octanol–water partition coefficient (Wildman–Crippen LogP) is 2.64. The van der Waals surface area contributed by atoms with Crippen LogP contribution >= 0.6 is 11.6 Å². The van der Waals surface area contributed by atoms with E-state index >= 15 is 0 Å². The van der Waals surface area contributed by atoms with Crippen LogP contribution in [-0.2, 0) is 0 Å². The van der Waals surface area contributed by atoms with E-state index in [1.54, 1.807) is 37.3 Å². The number of aryl methyl sites for hydroxylation is 1. The first-order valence-corrected chi connectivity index (χ1v) is 7.01. The molecule has 0 unspecified atom stereocenters. The van der Waals surface area contributed by atoms with Gasteiger partial charge in [-0.05, 0) is 25.1 Å². The van der Waals surface area contributed by atoms with Gasteiger partial charge in [0, 0.05) is 16.7 Å². The molecule has 3 rings (SSSR count). The Bertz CT molecular complexity index is 915.